The van der Waals surface area contributed by atoms with E-state index in [1.54, 1.807) is 58.3 Å². The van der Waals surface area contributed by atoms with Crippen LogP contribution >= 0.6 is 22.7 Å². The third-order valence-electron chi connectivity index (χ3n) is 14.4. The fourth-order valence-corrected chi connectivity index (χ4v) is 11.4. The van der Waals surface area contributed by atoms with E-state index < -0.39 is 17.5 Å². The number of hydrogen-bond donors (Lipinski definition) is 2. The molecule has 0 bridgehead atoms. The van der Waals surface area contributed by atoms with Crippen LogP contribution in [0.4, 0.5) is 24.8 Å². The molecule has 71 heavy (non-hydrogen) atoms. The number of alkyl halides is 3. The Morgan fingerprint density at radius 1 is 0.662 bits per heavy atom. The number of nitrogens with zero attached hydrogens (tertiary/aromatic N) is 8. The quantitative estimate of drug-likeness (QED) is 0.142. The summed E-state index contributed by atoms with van der Waals surface area (Å²) in [4.78, 5) is 86.8. The van der Waals surface area contributed by atoms with Crippen molar-refractivity contribution in [2.24, 2.45) is 10.8 Å². The molecule has 6 aliphatic rings. The Labute approximate surface area is 417 Å². The highest BCUT2D eigenvalue weighted by Gasteiger charge is 2.50. The molecule has 0 radical (unpaired) electrons. The number of hydrogen-bond acceptors (Lipinski definition) is 12. The molecular formula is C51H55F3N10O5S2. The molecule has 10 heterocycles. The normalized spacial score (nSPS) is 19.9. The fraction of sp³-hybridized carbons (Fsp3) is 0.431. The van der Waals surface area contributed by atoms with E-state index >= 15 is 0 Å². The Balaban J connectivity index is 0.000000177. The SMILES string of the molecule is CN1CCC2(CC1)Cc1cc(/C=C/C(=O)N3CC=C(Cc4nccs4)CC3)cnc1NC2=O.O=C(/C=C/c1cnc2c(c1)CC1(CCN(C(=O)C(F)(F)F)CC1)C(=O)N2)N1CC=C(Cc2nccs2)CC1. The molecule has 0 aliphatic carbocycles. The van der Waals surface area contributed by atoms with Crippen molar-refractivity contribution in [1.82, 2.24) is 39.5 Å². The van der Waals surface area contributed by atoms with Crippen LogP contribution in [-0.2, 0) is 49.7 Å². The standard InChI is InChI=1S/C26H26F3N5O3S.C25H29N5O2S/c27-26(28,29)24(37)34-10-5-25(6-11-34)15-19-13-18(16-31-22(19)32-23(25)36)1-2-21(35)33-8-3-17(4-9-33)14-20-30-7-12-38-20;1-29-11-6-25(7-12-29)16-20-14-19(17-27-23(20)28-24(25)32)2-3-22(31)30-9-4-18(5-10-30)15-21-26-8-13-33-21/h1-3,7,12-13,16H,4-6,8-11,14-15H2,(H,31,32,36);2-4,8,13-14,17H,5-7,9-12,15-16H2,1H3,(H,27,28,32)/b2-1+;3-2+. The summed E-state index contributed by atoms with van der Waals surface area (Å²) in [6.45, 7) is 4.11. The minimum absolute atomic E-state index is 0.0114. The van der Waals surface area contributed by atoms with Crippen LogP contribution in [0, 0.1) is 10.8 Å². The number of likely N-dealkylation sites (tertiary alicyclic amines) is 2. The average molecular weight is 1010 g/mol. The van der Waals surface area contributed by atoms with E-state index in [4.69, 9.17) is 0 Å². The smallest absolute Gasteiger partial charge is 0.335 e. The number of halogens is 3. The van der Waals surface area contributed by atoms with Crippen molar-refractivity contribution in [2.75, 3.05) is 70.0 Å². The predicted octanol–water partition coefficient (Wildman–Crippen LogP) is 6.78. The van der Waals surface area contributed by atoms with Crippen LogP contribution < -0.4 is 10.6 Å². The number of carbonyl (C=O) groups is 5. The Morgan fingerprint density at radius 2 is 1.11 bits per heavy atom. The molecule has 2 fully saturated rings. The van der Waals surface area contributed by atoms with Gasteiger partial charge in [0.1, 0.15) is 11.6 Å². The van der Waals surface area contributed by atoms with E-state index in [-0.39, 0.29) is 55.0 Å². The van der Waals surface area contributed by atoms with Gasteiger partial charge in [0, 0.05) is 99.8 Å². The minimum atomic E-state index is -4.93. The lowest BCUT2D eigenvalue weighted by Gasteiger charge is -2.43. The zero-order chi connectivity index (χ0) is 49.8. The Kier molecular flexibility index (Phi) is 14.8. The summed E-state index contributed by atoms with van der Waals surface area (Å²) >= 11 is 3.29. The molecule has 20 heteroatoms. The number of pyridine rings is 2. The molecular weight excluding hydrogens is 954 g/mol. The number of piperidine rings is 2. The van der Waals surface area contributed by atoms with Gasteiger partial charge in [-0.3, -0.25) is 24.0 Å². The maximum Gasteiger partial charge on any atom is 0.471 e. The van der Waals surface area contributed by atoms with Crippen LogP contribution in [0.5, 0.6) is 0 Å². The number of rotatable bonds is 8. The summed E-state index contributed by atoms with van der Waals surface area (Å²) in [6, 6.07) is 3.90. The Hall–Kier alpha value is -6.38. The van der Waals surface area contributed by atoms with Crippen molar-refractivity contribution in [3.05, 3.63) is 115 Å². The van der Waals surface area contributed by atoms with Gasteiger partial charge >= 0.3 is 12.1 Å². The lowest BCUT2D eigenvalue weighted by Crippen LogP contribution is -2.53. The molecule has 6 aliphatic heterocycles. The van der Waals surface area contributed by atoms with Crippen molar-refractivity contribution >= 4 is 76.0 Å². The molecule has 372 valence electrons. The van der Waals surface area contributed by atoms with E-state index in [0.717, 1.165) is 89.8 Å². The van der Waals surface area contributed by atoms with E-state index in [9.17, 15) is 37.1 Å². The van der Waals surface area contributed by atoms with Crippen LogP contribution in [-0.4, -0.2) is 135 Å². The lowest BCUT2D eigenvalue weighted by atomic mass is 9.71. The summed E-state index contributed by atoms with van der Waals surface area (Å²) < 4.78 is 38.4. The molecule has 0 saturated carbocycles. The van der Waals surface area contributed by atoms with Crippen molar-refractivity contribution in [3.63, 3.8) is 0 Å². The summed E-state index contributed by atoms with van der Waals surface area (Å²) in [5.41, 5.74) is 4.77. The first kappa shape index (κ1) is 49.6. The maximum atomic E-state index is 12.8. The first-order chi connectivity index (χ1) is 34.1. The largest absolute Gasteiger partial charge is 0.471 e. The molecule has 10 rings (SSSR count). The molecule has 0 atom stereocenters. The number of amides is 5. The minimum Gasteiger partial charge on any atom is -0.335 e. The number of aromatic nitrogens is 4. The van der Waals surface area contributed by atoms with Crippen LogP contribution in [0.3, 0.4) is 0 Å². The predicted molar refractivity (Wildman–Crippen MR) is 265 cm³/mol. The van der Waals surface area contributed by atoms with E-state index in [0.29, 0.717) is 49.7 Å². The van der Waals surface area contributed by atoms with E-state index in [1.807, 2.05) is 34.0 Å². The highest BCUT2D eigenvalue weighted by Crippen LogP contribution is 2.43. The first-order valence-electron chi connectivity index (χ1n) is 23.9. The molecule has 4 aromatic heterocycles. The van der Waals surface area contributed by atoms with Crippen molar-refractivity contribution < 1.29 is 37.1 Å². The topological polar surface area (TPSA) is 174 Å². The van der Waals surface area contributed by atoms with Gasteiger partial charge in [0.05, 0.1) is 20.8 Å². The number of carbonyl (C=O) groups excluding carboxylic acids is 5. The highest BCUT2D eigenvalue weighted by atomic mass is 32.1. The Bertz CT molecular complexity index is 2770. The number of anilines is 2. The molecule has 4 aromatic rings. The van der Waals surface area contributed by atoms with Gasteiger partial charge in [-0.25, -0.2) is 19.9 Å². The van der Waals surface area contributed by atoms with Crippen molar-refractivity contribution in [2.45, 2.75) is 70.4 Å². The summed E-state index contributed by atoms with van der Waals surface area (Å²) in [7, 11) is 2.10. The molecule has 5 amide bonds. The van der Waals surface area contributed by atoms with E-state index in [2.05, 4.69) is 60.7 Å². The van der Waals surface area contributed by atoms with Gasteiger partial charge in [0.25, 0.3) is 0 Å². The monoisotopic (exact) mass is 1010 g/mol. The van der Waals surface area contributed by atoms with Crippen molar-refractivity contribution in [1.29, 1.82) is 0 Å². The van der Waals surface area contributed by atoms with Gasteiger partial charge in [-0.2, -0.15) is 13.2 Å². The average Bonchev–Trinajstić information content (AvgIpc) is 4.10. The van der Waals surface area contributed by atoms with E-state index in [1.165, 1.54) is 17.2 Å². The third-order valence-corrected chi connectivity index (χ3v) is 16.0. The van der Waals surface area contributed by atoms with Gasteiger partial charge in [-0.15, -0.1) is 22.7 Å². The van der Waals surface area contributed by atoms with Gasteiger partial charge in [0.15, 0.2) is 0 Å². The number of fused-ring (bicyclic) bond motifs is 2. The summed E-state index contributed by atoms with van der Waals surface area (Å²) in [6.07, 6.45) is 19.2. The summed E-state index contributed by atoms with van der Waals surface area (Å²) in [5.74, 6) is -1.10. The zero-order valence-corrected chi connectivity index (χ0v) is 41.0. The van der Waals surface area contributed by atoms with Crippen LogP contribution in [0.2, 0.25) is 0 Å². The highest BCUT2D eigenvalue weighted by molar-refractivity contribution is 7.09. The first-order valence-corrected chi connectivity index (χ1v) is 25.6. The molecule has 0 aromatic carbocycles. The van der Waals surface area contributed by atoms with Crippen LogP contribution in [0.1, 0.15) is 70.8 Å². The lowest BCUT2D eigenvalue weighted by molar-refractivity contribution is -0.187. The van der Waals surface area contributed by atoms with Crippen LogP contribution in [0.25, 0.3) is 12.2 Å². The number of nitrogens with one attached hydrogen (secondary N) is 2. The fourth-order valence-electron chi connectivity index (χ4n) is 10.0. The van der Waals surface area contributed by atoms with Gasteiger partial charge in [0.2, 0.25) is 23.6 Å². The molecule has 2 spiro atoms. The maximum absolute atomic E-state index is 12.8. The molecule has 0 unspecified atom stereocenters. The second-order valence-electron chi connectivity index (χ2n) is 19.1. The third kappa shape index (κ3) is 11.7. The van der Waals surface area contributed by atoms with Crippen LogP contribution in [0.15, 0.2) is 83.1 Å². The summed E-state index contributed by atoms with van der Waals surface area (Å²) in [5, 5.41) is 11.9. The van der Waals surface area contributed by atoms with Gasteiger partial charge in [-0.05, 0) is 118 Å². The van der Waals surface area contributed by atoms with Crippen molar-refractivity contribution in [3.8, 4) is 0 Å². The Morgan fingerprint density at radius 3 is 1.51 bits per heavy atom. The zero-order valence-electron chi connectivity index (χ0n) is 39.4. The second-order valence-corrected chi connectivity index (χ2v) is 21.1. The van der Waals surface area contributed by atoms with Gasteiger partial charge in [-0.1, -0.05) is 23.3 Å². The second kappa shape index (κ2) is 21.1. The van der Waals surface area contributed by atoms with Gasteiger partial charge < -0.3 is 30.2 Å². The molecule has 2 N–H and O–H groups in total. The molecule has 15 nitrogen and oxygen atoms in total. The number of thiazole rings is 2. The molecule has 2 saturated heterocycles.